The molecule has 0 aromatic heterocycles. The molecule has 1 amide bonds. The lowest BCUT2D eigenvalue weighted by Crippen LogP contribution is -2.44. The van der Waals surface area contributed by atoms with Gasteiger partial charge in [-0.1, -0.05) is 12.1 Å². The van der Waals surface area contributed by atoms with E-state index in [4.69, 9.17) is 4.74 Å². The Morgan fingerprint density at radius 2 is 2.15 bits per heavy atom. The van der Waals surface area contributed by atoms with Crippen molar-refractivity contribution in [2.24, 2.45) is 5.92 Å². The molecule has 1 aromatic carbocycles. The van der Waals surface area contributed by atoms with Gasteiger partial charge in [-0.2, -0.15) is 0 Å². The zero-order chi connectivity index (χ0) is 19.8. The SMILES string of the molecule is CCOC(=O)CC(c1cccc(F)c1)N1CCCC(CCCC(C)=O)C1=O. The van der Waals surface area contributed by atoms with Gasteiger partial charge in [0.2, 0.25) is 5.91 Å². The maximum Gasteiger partial charge on any atom is 0.308 e. The van der Waals surface area contributed by atoms with Crippen LogP contribution in [-0.4, -0.2) is 35.7 Å². The van der Waals surface area contributed by atoms with Crippen molar-refractivity contribution < 1.29 is 23.5 Å². The zero-order valence-electron chi connectivity index (χ0n) is 16.1. The van der Waals surface area contributed by atoms with E-state index in [1.165, 1.54) is 12.1 Å². The maximum absolute atomic E-state index is 13.7. The van der Waals surface area contributed by atoms with E-state index in [1.54, 1.807) is 30.9 Å². The number of carbonyl (C=O) groups is 3. The minimum atomic E-state index is -0.539. The highest BCUT2D eigenvalue weighted by Crippen LogP contribution is 2.33. The summed E-state index contributed by atoms with van der Waals surface area (Å²) in [7, 11) is 0. The number of piperidine rings is 1. The average Bonchev–Trinajstić information content (AvgIpc) is 2.61. The first-order valence-corrected chi connectivity index (χ1v) is 9.63. The Morgan fingerprint density at radius 1 is 1.37 bits per heavy atom. The zero-order valence-corrected chi connectivity index (χ0v) is 16.1. The molecular formula is C21H28FNO4. The number of ether oxygens (including phenoxy) is 1. The molecule has 2 rings (SSSR count). The number of Topliss-reactive ketones (excluding diaryl/α,β-unsaturated/α-hetero) is 1. The summed E-state index contributed by atoms with van der Waals surface area (Å²) < 4.78 is 18.8. The average molecular weight is 377 g/mol. The molecule has 6 heteroatoms. The van der Waals surface area contributed by atoms with Gasteiger partial charge in [-0.25, -0.2) is 4.39 Å². The van der Waals surface area contributed by atoms with Crippen molar-refractivity contribution in [3.63, 3.8) is 0 Å². The predicted molar refractivity (Wildman–Crippen MR) is 99.4 cm³/mol. The van der Waals surface area contributed by atoms with E-state index in [9.17, 15) is 18.8 Å². The molecule has 2 atom stereocenters. The highest BCUT2D eigenvalue weighted by molar-refractivity contribution is 5.81. The number of hydrogen-bond acceptors (Lipinski definition) is 4. The Labute approximate surface area is 159 Å². The van der Waals surface area contributed by atoms with Crippen molar-refractivity contribution in [1.82, 2.24) is 4.90 Å². The Bertz CT molecular complexity index is 676. The quantitative estimate of drug-likeness (QED) is 0.614. The third kappa shape index (κ3) is 6.15. The van der Waals surface area contributed by atoms with Crippen LogP contribution in [0.25, 0.3) is 0 Å². The van der Waals surface area contributed by atoms with Crippen molar-refractivity contribution in [3.8, 4) is 0 Å². The smallest absolute Gasteiger partial charge is 0.308 e. The molecule has 1 fully saturated rings. The lowest BCUT2D eigenvalue weighted by Gasteiger charge is -2.38. The van der Waals surface area contributed by atoms with Gasteiger partial charge in [-0.15, -0.1) is 0 Å². The molecule has 1 heterocycles. The first kappa shape index (κ1) is 21.1. The molecule has 0 radical (unpaired) electrons. The predicted octanol–water partition coefficient (Wildman–Crippen LogP) is 3.82. The van der Waals surface area contributed by atoms with Gasteiger partial charge in [0.1, 0.15) is 11.6 Å². The highest BCUT2D eigenvalue weighted by Gasteiger charge is 2.35. The number of ketones is 1. The van der Waals surface area contributed by atoms with Gasteiger partial charge in [-0.3, -0.25) is 9.59 Å². The second kappa shape index (κ2) is 10.2. The summed E-state index contributed by atoms with van der Waals surface area (Å²) in [5, 5.41) is 0. The first-order chi connectivity index (χ1) is 12.9. The number of halogens is 1. The molecule has 148 valence electrons. The van der Waals surface area contributed by atoms with Crippen molar-refractivity contribution in [1.29, 1.82) is 0 Å². The lowest BCUT2D eigenvalue weighted by atomic mass is 9.89. The third-order valence-electron chi connectivity index (χ3n) is 4.94. The van der Waals surface area contributed by atoms with Gasteiger partial charge >= 0.3 is 5.97 Å². The van der Waals surface area contributed by atoms with Crippen LogP contribution in [0.5, 0.6) is 0 Å². The number of benzene rings is 1. The van der Waals surface area contributed by atoms with E-state index in [0.717, 1.165) is 12.8 Å². The molecule has 0 aliphatic carbocycles. The summed E-state index contributed by atoms with van der Waals surface area (Å²) >= 11 is 0. The first-order valence-electron chi connectivity index (χ1n) is 9.63. The maximum atomic E-state index is 13.7. The second-order valence-electron chi connectivity index (χ2n) is 7.04. The van der Waals surface area contributed by atoms with Crippen molar-refractivity contribution in [3.05, 3.63) is 35.6 Å². The fourth-order valence-corrected chi connectivity index (χ4v) is 3.65. The normalized spacial score (nSPS) is 18.3. The van der Waals surface area contributed by atoms with Gasteiger partial charge in [0.05, 0.1) is 19.1 Å². The van der Waals surface area contributed by atoms with E-state index in [2.05, 4.69) is 0 Å². The minimum Gasteiger partial charge on any atom is -0.466 e. The molecule has 5 nitrogen and oxygen atoms in total. The van der Waals surface area contributed by atoms with Crippen LogP contribution in [0.4, 0.5) is 4.39 Å². The molecule has 1 aliphatic heterocycles. The van der Waals surface area contributed by atoms with Crippen LogP contribution in [0.3, 0.4) is 0 Å². The van der Waals surface area contributed by atoms with E-state index < -0.39 is 17.8 Å². The number of rotatable bonds is 9. The monoisotopic (exact) mass is 377 g/mol. The molecule has 0 bridgehead atoms. The fraction of sp³-hybridized carbons (Fsp3) is 0.571. The standard InChI is InChI=1S/C21H28FNO4/c1-3-27-20(25)14-19(17-9-5-11-18(22)13-17)23-12-6-10-16(21(23)26)8-4-7-15(2)24/h5,9,11,13,16,19H,3-4,6-8,10,12,14H2,1-2H3. The van der Waals surface area contributed by atoms with E-state index >= 15 is 0 Å². The van der Waals surface area contributed by atoms with Crippen LogP contribution >= 0.6 is 0 Å². The Kier molecular flexibility index (Phi) is 7.95. The molecule has 0 saturated carbocycles. The molecule has 0 spiro atoms. The number of likely N-dealkylation sites (tertiary alicyclic amines) is 1. The van der Waals surface area contributed by atoms with Gasteiger partial charge in [-0.05, 0) is 57.2 Å². The Hall–Kier alpha value is -2.24. The third-order valence-corrected chi connectivity index (χ3v) is 4.94. The number of hydrogen-bond donors (Lipinski definition) is 0. The number of amides is 1. The van der Waals surface area contributed by atoms with Gasteiger partial charge in [0, 0.05) is 18.9 Å². The molecular weight excluding hydrogens is 349 g/mol. The molecule has 0 N–H and O–H groups in total. The van der Waals surface area contributed by atoms with Crippen molar-refractivity contribution in [2.75, 3.05) is 13.2 Å². The van der Waals surface area contributed by atoms with Crippen LogP contribution in [0, 0.1) is 11.7 Å². The molecule has 27 heavy (non-hydrogen) atoms. The Morgan fingerprint density at radius 3 is 2.81 bits per heavy atom. The number of carbonyl (C=O) groups excluding carboxylic acids is 3. The van der Waals surface area contributed by atoms with E-state index in [1.807, 2.05) is 0 Å². The van der Waals surface area contributed by atoms with Gasteiger partial charge < -0.3 is 14.4 Å². The van der Waals surface area contributed by atoms with E-state index in [0.29, 0.717) is 31.4 Å². The molecule has 1 aromatic rings. The summed E-state index contributed by atoms with van der Waals surface area (Å²) in [6.07, 6.45) is 3.42. The molecule has 1 aliphatic rings. The topological polar surface area (TPSA) is 63.7 Å². The summed E-state index contributed by atoms with van der Waals surface area (Å²) in [4.78, 5) is 38.0. The summed E-state index contributed by atoms with van der Waals surface area (Å²) in [6, 6.07) is 5.49. The summed E-state index contributed by atoms with van der Waals surface area (Å²) in [6.45, 7) is 4.07. The van der Waals surface area contributed by atoms with Crippen LogP contribution in [0.2, 0.25) is 0 Å². The van der Waals surface area contributed by atoms with Crippen LogP contribution < -0.4 is 0 Å². The fourth-order valence-electron chi connectivity index (χ4n) is 3.65. The van der Waals surface area contributed by atoms with Crippen LogP contribution in [0.1, 0.15) is 64.0 Å². The summed E-state index contributed by atoms with van der Waals surface area (Å²) in [5.74, 6) is -0.864. The second-order valence-corrected chi connectivity index (χ2v) is 7.04. The van der Waals surface area contributed by atoms with Crippen LogP contribution in [-0.2, 0) is 19.1 Å². The highest BCUT2D eigenvalue weighted by atomic mass is 19.1. The molecule has 1 saturated heterocycles. The van der Waals surface area contributed by atoms with Gasteiger partial charge in [0.15, 0.2) is 0 Å². The van der Waals surface area contributed by atoms with E-state index in [-0.39, 0.29) is 30.6 Å². The minimum absolute atomic E-state index is 0.00317. The summed E-state index contributed by atoms with van der Waals surface area (Å²) in [5.41, 5.74) is 0.598. The van der Waals surface area contributed by atoms with Crippen molar-refractivity contribution >= 4 is 17.7 Å². The largest absolute Gasteiger partial charge is 0.466 e. The Balaban J connectivity index is 2.18. The number of esters is 1. The number of nitrogens with zero attached hydrogens (tertiary/aromatic N) is 1. The van der Waals surface area contributed by atoms with Crippen molar-refractivity contribution in [2.45, 2.75) is 58.4 Å². The van der Waals surface area contributed by atoms with Crippen LogP contribution in [0.15, 0.2) is 24.3 Å². The van der Waals surface area contributed by atoms with Gasteiger partial charge in [0.25, 0.3) is 0 Å². The lowest BCUT2D eigenvalue weighted by molar-refractivity contribution is -0.148. The molecule has 2 unspecified atom stereocenters.